The number of hydrogen-bond donors (Lipinski definition) is 1. The molecule has 0 aliphatic heterocycles. The van der Waals surface area contributed by atoms with Gasteiger partial charge in [-0.2, -0.15) is 9.78 Å². The summed E-state index contributed by atoms with van der Waals surface area (Å²) in [6.07, 6.45) is 1.49. The van der Waals surface area contributed by atoms with E-state index >= 15 is 0 Å². The molecule has 0 spiro atoms. The molecule has 0 aliphatic carbocycles. The lowest BCUT2D eigenvalue weighted by atomic mass is 10.3. The second kappa shape index (κ2) is 4.36. The Bertz CT molecular complexity index is 524. The van der Waals surface area contributed by atoms with Gasteiger partial charge in [0.15, 0.2) is 5.75 Å². The maximum Gasteiger partial charge on any atom is 0.432 e. The maximum atomic E-state index is 10.6. The van der Waals surface area contributed by atoms with E-state index in [4.69, 9.17) is 9.84 Å². The highest BCUT2D eigenvalue weighted by atomic mass is 79.9. The molecule has 1 aromatic carbocycles. The zero-order chi connectivity index (χ0) is 11.5. The van der Waals surface area contributed by atoms with Crippen LogP contribution in [0.2, 0.25) is 0 Å². The summed E-state index contributed by atoms with van der Waals surface area (Å²) < 4.78 is 7.08. The summed E-state index contributed by atoms with van der Waals surface area (Å²) in [7, 11) is 0. The molecule has 5 nitrogen and oxygen atoms in total. The molecule has 16 heavy (non-hydrogen) atoms. The van der Waals surface area contributed by atoms with E-state index < -0.39 is 6.09 Å². The molecule has 0 unspecified atom stereocenters. The number of rotatable bonds is 2. The quantitative estimate of drug-likeness (QED) is 0.920. The lowest BCUT2D eigenvalue weighted by molar-refractivity contribution is 0.192. The van der Waals surface area contributed by atoms with Crippen molar-refractivity contribution >= 4 is 22.0 Å². The Labute approximate surface area is 99.4 Å². The fourth-order valence-corrected chi connectivity index (χ4v) is 1.51. The topological polar surface area (TPSA) is 64.3 Å². The normalized spacial score (nSPS) is 10.1. The van der Waals surface area contributed by atoms with E-state index in [2.05, 4.69) is 21.0 Å². The fourth-order valence-electron chi connectivity index (χ4n) is 1.13. The first kappa shape index (κ1) is 10.7. The number of benzene rings is 1. The van der Waals surface area contributed by atoms with Gasteiger partial charge < -0.3 is 9.84 Å². The largest absolute Gasteiger partial charge is 0.463 e. The van der Waals surface area contributed by atoms with Gasteiger partial charge in [-0.05, 0) is 18.2 Å². The summed E-state index contributed by atoms with van der Waals surface area (Å²) in [6.45, 7) is 0. The van der Waals surface area contributed by atoms with Crippen LogP contribution in [0, 0.1) is 0 Å². The summed E-state index contributed by atoms with van der Waals surface area (Å²) in [5.74, 6) is 0.986. The van der Waals surface area contributed by atoms with Crippen LogP contribution in [-0.2, 0) is 0 Å². The number of nitrogens with zero attached hydrogens (tertiary/aromatic N) is 2. The fraction of sp³-hybridized carbons (Fsp3) is 0. The van der Waals surface area contributed by atoms with Gasteiger partial charge in [-0.1, -0.05) is 22.0 Å². The molecular weight excluding hydrogens is 276 g/mol. The smallest absolute Gasteiger partial charge is 0.432 e. The van der Waals surface area contributed by atoms with Gasteiger partial charge in [0.05, 0.1) is 12.4 Å². The molecule has 2 rings (SSSR count). The summed E-state index contributed by atoms with van der Waals surface area (Å²) in [4.78, 5) is 10.6. The number of halogens is 1. The minimum atomic E-state index is -1.15. The molecular formula is C10H7BrN2O3. The first-order valence-electron chi connectivity index (χ1n) is 4.36. The van der Waals surface area contributed by atoms with Crippen LogP contribution in [0.3, 0.4) is 0 Å². The molecule has 0 radical (unpaired) electrons. The van der Waals surface area contributed by atoms with Crippen molar-refractivity contribution in [1.82, 2.24) is 9.78 Å². The average Bonchev–Trinajstić information content (AvgIpc) is 2.66. The van der Waals surface area contributed by atoms with Crippen LogP contribution in [0.1, 0.15) is 0 Å². The summed E-state index contributed by atoms with van der Waals surface area (Å²) >= 11 is 3.31. The average molecular weight is 283 g/mol. The zero-order valence-electron chi connectivity index (χ0n) is 8.00. The predicted molar refractivity (Wildman–Crippen MR) is 59.9 cm³/mol. The molecule has 2 aromatic rings. The molecule has 0 fully saturated rings. The van der Waals surface area contributed by atoms with Crippen LogP contribution < -0.4 is 4.74 Å². The Morgan fingerprint density at radius 2 is 2.25 bits per heavy atom. The number of hydrogen-bond acceptors (Lipinski definition) is 3. The third-order valence-corrected chi connectivity index (χ3v) is 2.28. The van der Waals surface area contributed by atoms with Crippen LogP contribution in [0.15, 0.2) is 41.1 Å². The predicted octanol–water partition coefficient (Wildman–Crippen LogP) is 2.96. The Morgan fingerprint density at radius 1 is 1.44 bits per heavy atom. The maximum absolute atomic E-state index is 10.6. The van der Waals surface area contributed by atoms with E-state index in [9.17, 15) is 4.79 Å². The molecule has 0 aliphatic rings. The Kier molecular flexibility index (Phi) is 2.91. The van der Waals surface area contributed by atoms with E-state index in [0.29, 0.717) is 11.5 Å². The molecule has 1 heterocycles. The third-order valence-electron chi connectivity index (χ3n) is 1.79. The van der Waals surface area contributed by atoms with Crippen molar-refractivity contribution in [1.29, 1.82) is 0 Å². The minimum Gasteiger partial charge on any atom is -0.463 e. The number of ether oxygens (including phenoxy) is 1. The van der Waals surface area contributed by atoms with Crippen LogP contribution in [0.5, 0.6) is 11.5 Å². The van der Waals surface area contributed by atoms with Crippen LogP contribution in [0.25, 0.3) is 0 Å². The van der Waals surface area contributed by atoms with Crippen molar-refractivity contribution in [2.75, 3.05) is 0 Å². The Morgan fingerprint density at radius 3 is 2.88 bits per heavy atom. The molecule has 82 valence electrons. The first-order valence-corrected chi connectivity index (χ1v) is 5.16. The highest BCUT2D eigenvalue weighted by Crippen LogP contribution is 2.23. The van der Waals surface area contributed by atoms with Crippen molar-refractivity contribution in [3.63, 3.8) is 0 Å². The number of carboxylic acid groups (broad SMARTS) is 1. The highest BCUT2D eigenvalue weighted by Gasteiger charge is 2.05. The van der Waals surface area contributed by atoms with Crippen LogP contribution in [-0.4, -0.2) is 21.0 Å². The molecule has 1 aromatic heterocycles. The van der Waals surface area contributed by atoms with Gasteiger partial charge in [0.1, 0.15) is 5.75 Å². The van der Waals surface area contributed by atoms with E-state index in [0.717, 1.165) is 9.15 Å². The number of aromatic nitrogens is 2. The van der Waals surface area contributed by atoms with E-state index in [1.54, 1.807) is 12.1 Å². The van der Waals surface area contributed by atoms with Gasteiger partial charge in [0, 0.05) is 4.47 Å². The monoisotopic (exact) mass is 282 g/mol. The van der Waals surface area contributed by atoms with Gasteiger partial charge in [0.25, 0.3) is 0 Å². The summed E-state index contributed by atoms with van der Waals surface area (Å²) in [6, 6.07) is 7.23. The first-order chi connectivity index (χ1) is 7.65. The summed E-state index contributed by atoms with van der Waals surface area (Å²) in [5.41, 5.74) is 0. The second-order valence-corrected chi connectivity index (χ2v) is 3.88. The van der Waals surface area contributed by atoms with E-state index in [1.807, 2.05) is 12.1 Å². The molecule has 0 saturated heterocycles. The van der Waals surface area contributed by atoms with Gasteiger partial charge in [0.2, 0.25) is 0 Å². The lowest BCUT2D eigenvalue weighted by Crippen LogP contribution is -2.07. The molecule has 0 atom stereocenters. The van der Waals surface area contributed by atoms with Crippen molar-refractivity contribution in [3.05, 3.63) is 41.1 Å². The zero-order valence-corrected chi connectivity index (χ0v) is 9.59. The third kappa shape index (κ3) is 2.40. The van der Waals surface area contributed by atoms with Gasteiger partial charge >= 0.3 is 6.09 Å². The van der Waals surface area contributed by atoms with Gasteiger partial charge in [-0.3, -0.25) is 0 Å². The molecule has 1 N–H and O–H groups in total. The van der Waals surface area contributed by atoms with Crippen molar-refractivity contribution in [2.45, 2.75) is 0 Å². The lowest BCUT2D eigenvalue weighted by Gasteiger charge is -2.01. The van der Waals surface area contributed by atoms with Crippen molar-refractivity contribution in [2.24, 2.45) is 0 Å². The van der Waals surface area contributed by atoms with E-state index in [1.165, 1.54) is 12.4 Å². The number of carbonyl (C=O) groups is 1. The Hall–Kier alpha value is -1.82. The molecule has 0 saturated carbocycles. The van der Waals surface area contributed by atoms with Crippen molar-refractivity contribution in [3.8, 4) is 11.5 Å². The molecule has 0 bridgehead atoms. The highest BCUT2D eigenvalue weighted by molar-refractivity contribution is 9.10. The van der Waals surface area contributed by atoms with Gasteiger partial charge in [-0.15, -0.1) is 0 Å². The van der Waals surface area contributed by atoms with Crippen molar-refractivity contribution < 1.29 is 14.6 Å². The van der Waals surface area contributed by atoms with Crippen LogP contribution >= 0.6 is 15.9 Å². The Balaban J connectivity index is 2.17. The van der Waals surface area contributed by atoms with Gasteiger partial charge in [-0.25, -0.2) is 4.79 Å². The summed E-state index contributed by atoms with van der Waals surface area (Å²) in [5, 5.41) is 12.3. The SMILES string of the molecule is O=C(O)n1cc(Oc2cccc(Br)c2)cn1. The minimum absolute atomic E-state index is 0.375. The van der Waals surface area contributed by atoms with Crippen LogP contribution in [0.4, 0.5) is 4.79 Å². The van der Waals surface area contributed by atoms with E-state index in [-0.39, 0.29) is 0 Å². The second-order valence-electron chi connectivity index (χ2n) is 2.96. The standard InChI is InChI=1S/C10H7BrN2O3/c11-7-2-1-3-8(4-7)16-9-5-12-13(6-9)10(14)15/h1-6H,(H,14,15). The molecule has 0 amide bonds. The molecule has 6 heteroatoms.